The number of aromatic nitrogens is 2. The molecule has 1 aliphatic heterocycles. The van der Waals surface area contributed by atoms with Crippen LogP contribution in [-0.2, 0) is 13.1 Å². The van der Waals surface area contributed by atoms with Crippen molar-refractivity contribution in [2.45, 2.75) is 20.0 Å². The van der Waals surface area contributed by atoms with Crippen molar-refractivity contribution in [3.05, 3.63) is 53.6 Å². The second kappa shape index (κ2) is 7.55. The van der Waals surface area contributed by atoms with Crippen molar-refractivity contribution in [2.75, 3.05) is 24.6 Å². The summed E-state index contributed by atoms with van der Waals surface area (Å²) in [6.07, 6.45) is 3.84. The zero-order valence-corrected chi connectivity index (χ0v) is 14.3. The number of aryl methyl sites for hydroxylation is 1. The van der Waals surface area contributed by atoms with E-state index in [-0.39, 0.29) is 0 Å². The SMILES string of the molecule is Cc1nccn1Cc1cccc(CN=C(N)N2CCSCC2)c1. The minimum Gasteiger partial charge on any atom is -0.370 e. The zero-order chi connectivity index (χ0) is 16.1. The van der Waals surface area contributed by atoms with E-state index in [1.54, 1.807) is 0 Å². The number of rotatable bonds is 4. The Morgan fingerprint density at radius 2 is 2.09 bits per heavy atom. The van der Waals surface area contributed by atoms with Crippen LogP contribution >= 0.6 is 11.8 Å². The molecule has 0 unspecified atom stereocenters. The van der Waals surface area contributed by atoms with E-state index in [2.05, 4.69) is 43.7 Å². The van der Waals surface area contributed by atoms with Crippen LogP contribution < -0.4 is 5.73 Å². The highest BCUT2D eigenvalue weighted by Gasteiger charge is 2.11. The average Bonchev–Trinajstić information content (AvgIpc) is 2.99. The Morgan fingerprint density at radius 3 is 2.83 bits per heavy atom. The lowest BCUT2D eigenvalue weighted by molar-refractivity contribution is 0.455. The van der Waals surface area contributed by atoms with Crippen LogP contribution in [0.2, 0.25) is 0 Å². The molecule has 1 aromatic carbocycles. The fourth-order valence-corrected chi connectivity index (χ4v) is 3.56. The Balaban J connectivity index is 1.64. The molecule has 0 bridgehead atoms. The van der Waals surface area contributed by atoms with Gasteiger partial charge >= 0.3 is 0 Å². The molecular formula is C17H23N5S. The number of guanidine groups is 1. The maximum atomic E-state index is 6.12. The van der Waals surface area contributed by atoms with Crippen LogP contribution in [0.5, 0.6) is 0 Å². The Labute approximate surface area is 141 Å². The topological polar surface area (TPSA) is 59.4 Å². The van der Waals surface area contributed by atoms with Crippen molar-refractivity contribution in [1.29, 1.82) is 0 Å². The third kappa shape index (κ3) is 4.28. The summed E-state index contributed by atoms with van der Waals surface area (Å²) in [5, 5.41) is 0. The van der Waals surface area contributed by atoms with Crippen molar-refractivity contribution in [3.8, 4) is 0 Å². The van der Waals surface area contributed by atoms with Gasteiger partial charge < -0.3 is 15.2 Å². The van der Waals surface area contributed by atoms with Crippen molar-refractivity contribution < 1.29 is 0 Å². The molecule has 23 heavy (non-hydrogen) atoms. The molecule has 2 heterocycles. The van der Waals surface area contributed by atoms with Gasteiger partial charge in [-0.15, -0.1) is 0 Å². The van der Waals surface area contributed by atoms with E-state index in [1.807, 2.05) is 31.1 Å². The number of benzene rings is 1. The first-order valence-corrected chi connectivity index (χ1v) is 9.06. The van der Waals surface area contributed by atoms with Crippen molar-refractivity contribution >= 4 is 17.7 Å². The summed E-state index contributed by atoms with van der Waals surface area (Å²) in [4.78, 5) is 11.0. The molecule has 1 saturated heterocycles. The molecule has 5 nitrogen and oxygen atoms in total. The minimum atomic E-state index is 0.631. The number of aliphatic imine (C=N–C) groups is 1. The molecule has 2 aromatic rings. The highest BCUT2D eigenvalue weighted by molar-refractivity contribution is 7.99. The minimum absolute atomic E-state index is 0.631. The summed E-state index contributed by atoms with van der Waals surface area (Å²) < 4.78 is 2.14. The number of nitrogens with zero attached hydrogens (tertiary/aromatic N) is 4. The smallest absolute Gasteiger partial charge is 0.191 e. The van der Waals surface area contributed by atoms with Gasteiger partial charge in [0.15, 0.2) is 5.96 Å². The van der Waals surface area contributed by atoms with Crippen LogP contribution in [0.25, 0.3) is 0 Å². The average molecular weight is 329 g/mol. The molecule has 6 heteroatoms. The van der Waals surface area contributed by atoms with Crippen LogP contribution in [0, 0.1) is 6.92 Å². The maximum Gasteiger partial charge on any atom is 0.191 e. The summed E-state index contributed by atoms with van der Waals surface area (Å²) >= 11 is 1.98. The van der Waals surface area contributed by atoms with Gasteiger partial charge in [-0.1, -0.05) is 24.3 Å². The number of imidazole rings is 1. The number of nitrogens with two attached hydrogens (primary N) is 1. The third-order valence-corrected chi connectivity index (χ3v) is 4.97. The summed E-state index contributed by atoms with van der Waals surface area (Å²) in [7, 11) is 0. The maximum absolute atomic E-state index is 6.12. The molecule has 1 fully saturated rings. The first kappa shape index (κ1) is 15.9. The lowest BCUT2D eigenvalue weighted by Gasteiger charge is -2.27. The van der Waals surface area contributed by atoms with Gasteiger partial charge in [-0.3, -0.25) is 0 Å². The quantitative estimate of drug-likeness (QED) is 0.689. The summed E-state index contributed by atoms with van der Waals surface area (Å²) in [5.74, 6) is 3.97. The first-order chi connectivity index (χ1) is 11.2. The highest BCUT2D eigenvalue weighted by Crippen LogP contribution is 2.11. The summed E-state index contributed by atoms with van der Waals surface area (Å²) in [6.45, 7) is 5.49. The van der Waals surface area contributed by atoms with Gasteiger partial charge in [0, 0.05) is 43.5 Å². The molecule has 1 aliphatic rings. The molecular weight excluding hydrogens is 306 g/mol. The Hall–Kier alpha value is -1.95. The van der Waals surface area contributed by atoms with Gasteiger partial charge in [0.1, 0.15) is 5.82 Å². The van der Waals surface area contributed by atoms with Crippen LogP contribution in [0.1, 0.15) is 17.0 Å². The highest BCUT2D eigenvalue weighted by atomic mass is 32.2. The fourth-order valence-electron chi connectivity index (χ4n) is 2.66. The number of hydrogen-bond acceptors (Lipinski definition) is 3. The van der Waals surface area contributed by atoms with E-state index in [0.717, 1.165) is 37.0 Å². The Bertz CT molecular complexity index is 673. The molecule has 0 aliphatic carbocycles. The first-order valence-electron chi connectivity index (χ1n) is 7.90. The summed E-state index contributed by atoms with van der Waals surface area (Å²) in [6, 6.07) is 8.52. The number of hydrogen-bond donors (Lipinski definition) is 1. The van der Waals surface area contributed by atoms with Crippen molar-refractivity contribution in [2.24, 2.45) is 10.7 Å². The lowest BCUT2D eigenvalue weighted by atomic mass is 10.1. The Morgan fingerprint density at radius 1 is 1.30 bits per heavy atom. The van der Waals surface area contributed by atoms with Gasteiger partial charge in [0.2, 0.25) is 0 Å². The van der Waals surface area contributed by atoms with E-state index in [4.69, 9.17) is 5.73 Å². The molecule has 0 radical (unpaired) electrons. The third-order valence-electron chi connectivity index (χ3n) is 4.03. The van der Waals surface area contributed by atoms with Crippen LogP contribution in [0.3, 0.4) is 0 Å². The second-order valence-electron chi connectivity index (χ2n) is 5.70. The second-order valence-corrected chi connectivity index (χ2v) is 6.92. The summed E-state index contributed by atoms with van der Waals surface area (Å²) in [5.41, 5.74) is 8.56. The van der Waals surface area contributed by atoms with E-state index in [1.165, 1.54) is 11.1 Å². The molecule has 0 saturated carbocycles. The van der Waals surface area contributed by atoms with Crippen molar-refractivity contribution in [1.82, 2.24) is 14.5 Å². The van der Waals surface area contributed by atoms with Gasteiger partial charge in [-0.05, 0) is 18.1 Å². The predicted molar refractivity (Wildman–Crippen MR) is 96.7 cm³/mol. The molecule has 122 valence electrons. The molecule has 2 N–H and O–H groups in total. The molecule has 3 rings (SSSR count). The molecule has 1 aromatic heterocycles. The van der Waals surface area contributed by atoms with E-state index >= 15 is 0 Å². The van der Waals surface area contributed by atoms with Gasteiger partial charge in [0.05, 0.1) is 6.54 Å². The van der Waals surface area contributed by atoms with Gasteiger partial charge in [0.25, 0.3) is 0 Å². The van der Waals surface area contributed by atoms with Crippen LogP contribution in [0.15, 0.2) is 41.7 Å². The molecule has 0 spiro atoms. The van der Waals surface area contributed by atoms with E-state index in [9.17, 15) is 0 Å². The van der Waals surface area contributed by atoms with E-state index in [0.29, 0.717) is 12.5 Å². The van der Waals surface area contributed by atoms with Crippen LogP contribution in [-0.4, -0.2) is 45.0 Å². The molecule has 0 amide bonds. The molecule has 0 atom stereocenters. The monoisotopic (exact) mass is 329 g/mol. The lowest BCUT2D eigenvalue weighted by Crippen LogP contribution is -2.42. The zero-order valence-electron chi connectivity index (χ0n) is 13.5. The van der Waals surface area contributed by atoms with Gasteiger partial charge in [-0.2, -0.15) is 11.8 Å². The van der Waals surface area contributed by atoms with E-state index < -0.39 is 0 Å². The van der Waals surface area contributed by atoms with Crippen molar-refractivity contribution in [3.63, 3.8) is 0 Å². The Kier molecular flexibility index (Phi) is 5.23. The largest absolute Gasteiger partial charge is 0.370 e. The standard InChI is InChI=1S/C17H23N5S/c1-14-19-5-6-22(14)13-16-4-2-3-15(11-16)12-20-17(18)21-7-9-23-10-8-21/h2-6,11H,7-10,12-13H2,1H3,(H2,18,20). The predicted octanol–water partition coefficient (Wildman–Crippen LogP) is 2.10. The van der Waals surface area contributed by atoms with Crippen LogP contribution in [0.4, 0.5) is 0 Å². The number of thioether (sulfide) groups is 1. The normalized spacial score (nSPS) is 15.9. The van der Waals surface area contributed by atoms with Gasteiger partial charge in [-0.25, -0.2) is 9.98 Å². The fraction of sp³-hybridized carbons (Fsp3) is 0.412.